The molecule has 1 unspecified atom stereocenters. The second-order valence-electron chi connectivity index (χ2n) is 5.38. The van der Waals surface area contributed by atoms with Gasteiger partial charge in [0, 0.05) is 23.6 Å². The number of aryl methyl sites for hydroxylation is 1. The van der Waals surface area contributed by atoms with Crippen molar-refractivity contribution in [2.75, 3.05) is 11.4 Å². The maximum atomic E-state index is 3.55. The van der Waals surface area contributed by atoms with Crippen LogP contribution >= 0.6 is 15.9 Å². The fourth-order valence-corrected chi connectivity index (χ4v) is 3.61. The number of hydrogen-bond acceptors (Lipinski definition) is 1. The molecule has 1 aromatic carbocycles. The van der Waals surface area contributed by atoms with Crippen LogP contribution in [-0.2, 0) is 5.33 Å². The monoisotopic (exact) mass is 309 g/mol. The van der Waals surface area contributed by atoms with Gasteiger partial charge in [-0.15, -0.1) is 0 Å². The Morgan fingerprint density at radius 2 is 2.17 bits per heavy atom. The molecule has 0 amide bonds. The highest BCUT2D eigenvalue weighted by Gasteiger charge is 2.21. The molecule has 0 N–H and O–H groups in total. The Balaban J connectivity index is 2.19. The number of alkyl halides is 1. The molecular formula is C16H24BrN. The minimum absolute atomic E-state index is 0.762. The Bertz CT molecular complexity index is 387. The number of hydrogen-bond donors (Lipinski definition) is 0. The van der Waals surface area contributed by atoms with Gasteiger partial charge in [0.2, 0.25) is 0 Å². The van der Waals surface area contributed by atoms with Gasteiger partial charge in [0.05, 0.1) is 0 Å². The molecule has 2 rings (SSSR count). The fourth-order valence-electron chi connectivity index (χ4n) is 2.98. The van der Waals surface area contributed by atoms with Crippen LogP contribution in [0.2, 0.25) is 0 Å². The van der Waals surface area contributed by atoms with Crippen LogP contribution < -0.4 is 4.90 Å². The first kappa shape index (κ1) is 13.9. The number of piperidine rings is 1. The molecule has 0 bridgehead atoms. The van der Waals surface area contributed by atoms with E-state index in [-0.39, 0.29) is 0 Å². The van der Waals surface area contributed by atoms with Crippen molar-refractivity contribution in [3.63, 3.8) is 0 Å². The van der Waals surface area contributed by atoms with Crippen LogP contribution in [0.5, 0.6) is 0 Å². The summed E-state index contributed by atoms with van der Waals surface area (Å²) in [6, 6.07) is 7.71. The SMILES string of the molecule is CCCC1CCCCN1c1ccc(CBr)c(C)c1. The summed E-state index contributed by atoms with van der Waals surface area (Å²) in [7, 11) is 0. The third-order valence-electron chi connectivity index (χ3n) is 4.05. The molecule has 1 saturated heterocycles. The zero-order valence-electron chi connectivity index (χ0n) is 11.6. The minimum atomic E-state index is 0.762. The van der Waals surface area contributed by atoms with Crippen molar-refractivity contribution in [1.82, 2.24) is 0 Å². The van der Waals surface area contributed by atoms with Gasteiger partial charge >= 0.3 is 0 Å². The Hall–Kier alpha value is -0.500. The second-order valence-corrected chi connectivity index (χ2v) is 5.94. The van der Waals surface area contributed by atoms with Crippen molar-refractivity contribution in [2.24, 2.45) is 0 Å². The van der Waals surface area contributed by atoms with Gasteiger partial charge in [-0.3, -0.25) is 0 Å². The van der Waals surface area contributed by atoms with Crippen molar-refractivity contribution in [3.05, 3.63) is 29.3 Å². The van der Waals surface area contributed by atoms with Crippen LogP contribution in [-0.4, -0.2) is 12.6 Å². The van der Waals surface area contributed by atoms with E-state index < -0.39 is 0 Å². The lowest BCUT2D eigenvalue weighted by Gasteiger charge is -2.38. The standard InChI is InChI=1S/C16H24BrN/c1-3-6-15-7-4-5-10-18(15)16-9-8-14(12-17)13(2)11-16/h8-9,11,15H,3-7,10,12H2,1-2H3. The molecule has 0 radical (unpaired) electrons. The molecule has 1 aromatic rings. The van der Waals surface area contributed by atoms with Crippen molar-refractivity contribution in [2.45, 2.75) is 57.3 Å². The van der Waals surface area contributed by atoms with Gasteiger partial charge in [0.25, 0.3) is 0 Å². The lowest BCUT2D eigenvalue weighted by molar-refractivity contribution is 0.435. The third-order valence-corrected chi connectivity index (χ3v) is 4.65. The Morgan fingerprint density at radius 1 is 1.33 bits per heavy atom. The largest absolute Gasteiger partial charge is 0.369 e. The first-order chi connectivity index (χ1) is 8.76. The molecule has 1 heterocycles. The molecule has 1 aliphatic heterocycles. The predicted octanol–water partition coefficient (Wildman–Crippen LogP) is 5.05. The van der Waals surface area contributed by atoms with Gasteiger partial charge in [0.15, 0.2) is 0 Å². The van der Waals surface area contributed by atoms with Crippen LogP contribution in [0.25, 0.3) is 0 Å². The smallest absolute Gasteiger partial charge is 0.0371 e. The molecule has 18 heavy (non-hydrogen) atoms. The van der Waals surface area contributed by atoms with Crippen LogP contribution in [0.15, 0.2) is 18.2 Å². The fraction of sp³-hybridized carbons (Fsp3) is 0.625. The second kappa shape index (κ2) is 6.60. The maximum Gasteiger partial charge on any atom is 0.0371 e. The highest BCUT2D eigenvalue weighted by atomic mass is 79.9. The molecule has 1 atom stereocenters. The van der Waals surface area contributed by atoms with Gasteiger partial charge in [-0.1, -0.05) is 35.3 Å². The Kier molecular flexibility index (Phi) is 5.11. The number of anilines is 1. The molecule has 1 fully saturated rings. The van der Waals surface area contributed by atoms with Gasteiger partial charge in [0.1, 0.15) is 0 Å². The van der Waals surface area contributed by atoms with E-state index in [1.165, 1.54) is 55.5 Å². The average molecular weight is 310 g/mol. The number of rotatable bonds is 4. The molecule has 0 aromatic heterocycles. The number of halogens is 1. The van der Waals surface area contributed by atoms with Crippen LogP contribution in [0.3, 0.4) is 0 Å². The average Bonchev–Trinajstić information content (AvgIpc) is 2.40. The molecule has 2 heteroatoms. The zero-order chi connectivity index (χ0) is 13.0. The van der Waals surface area contributed by atoms with E-state index in [1.54, 1.807) is 0 Å². The molecule has 1 aliphatic rings. The third kappa shape index (κ3) is 3.09. The van der Waals surface area contributed by atoms with Gasteiger partial charge < -0.3 is 4.90 Å². The molecule has 0 aliphatic carbocycles. The van der Waals surface area contributed by atoms with Crippen molar-refractivity contribution in [1.29, 1.82) is 0 Å². The molecule has 0 saturated carbocycles. The van der Waals surface area contributed by atoms with Crippen molar-refractivity contribution in [3.8, 4) is 0 Å². The van der Waals surface area contributed by atoms with Crippen LogP contribution in [0, 0.1) is 6.92 Å². The van der Waals surface area contributed by atoms with Crippen LogP contribution in [0.4, 0.5) is 5.69 Å². The van der Waals surface area contributed by atoms with E-state index in [4.69, 9.17) is 0 Å². The van der Waals surface area contributed by atoms with E-state index in [1.807, 2.05) is 0 Å². The summed E-state index contributed by atoms with van der Waals surface area (Å²) in [4.78, 5) is 2.64. The van der Waals surface area contributed by atoms with E-state index in [9.17, 15) is 0 Å². The Morgan fingerprint density at radius 3 is 2.83 bits per heavy atom. The summed E-state index contributed by atoms with van der Waals surface area (Å²) in [6.45, 7) is 5.75. The number of nitrogens with zero attached hydrogens (tertiary/aromatic N) is 1. The topological polar surface area (TPSA) is 3.24 Å². The molecular weight excluding hydrogens is 286 g/mol. The normalized spacial score (nSPS) is 20.2. The summed E-state index contributed by atoms with van der Waals surface area (Å²) < 4.78 is 0. The summed E-state index contributed by atoms with van der Waals surface area (Å²) >= 11 is 3.55. The predicted molar refractivity (Wildman–Crippen MR) is 83.7 cm³/mol. The summed E-state index contributed by atoms with van der Waals surface area (Å²) in [6.07, 6.45) is 6.74. The van der Waals surface area contributed by atoms with Crippen molar-refractivity contribution >= 4 is 21.6 Å². The quantitative estimate of drug-likeness (QED) is 0.704. The van der Waals surface area contributed by atoms with Gasteiger partial charge in [-0.05, 0) is 55.9 Å². The zero-order valence-corrected chi connectivity index (χ0v) is 13.2. The molecule has 1 nitrogen and oxygen atoms in total. The summed E-state index contributed by atoms with van der Waals surface area (Å²) in [5.74, 6) is 0. The Labute approximate surface area is 120 Å². The van der Waals surface area contributed by atoms with E-state index in [0.29, 0.717) is 0 Å². The molecule has 100 valence electrons. The minimum Gasteiger partial charge on any atom is -0.369 e. The van der Waals surface area contributed by atoms with Crippen molar-refractivity contribution < 1.29 is 0 Å². The van der Waals surface area contributed by atoms with E-state index in [0.717, 1.165) is 11.4 Å². The van der Waals surface area contributed by atoms with Gasteiger partial charge in [-0.25, -0.2) is 0 Å². The first-order valence-electron chi connectivity index (χ1n) is 7.18. The van der Waals surface area contributed by atoms with E-state index >= 15 is 0 Å². The summed E-state index contributed by atoms with van der Waals surface area (Å²) in [5, 5.41) is 0.956. The molecule has 0 spiro atoms. The highest BCUT2D eigenvalue weighted by molar-refractivity contribution is 9.08. The lowest BCUT2D eigenvalue weighted by atomic mass is 9.97. The number of benzene rings is 1. The van der Waals surface area contributed by atoms with E-state index in [2.05, 4.69) is 52.9 Å². The lowest BCUT2D eigenvalue weighted by Crippen LogP contribution is -2.39. The maximum absolute atomic E-state index is 3.55. The first-order valence-corrected chi connectivity index (χ1v) is 8.30. The highest BCUT2D eigenvalue weighted by Crippen LogP contribution is 2.29. The van der Waals surface area contributed by atoms with Crippen LogP contribution in [0.1, 0.15) is 50.2 Å². The summed E-state index contributed by atoms with van der Waals surface area (Å²) in [5.41, 5.74) is 4.24. The van der Waals surface area contributed by atoms with Gasteiger partial charge in [-0.2, -0.15) is 0 Å².